The van der Waals surface area contributed by atoms with E-state index in [1.165, 1.54) is 11.8 Å². The van der Waals surface area contributed by atoms with Crippen LogP contribution in [-0.4, -0.2) is 26.0 Å². The van der Waals surface area contributed by atoms with Crippen molar-refractivity contribution >= 4 is 9.84 Å². The molecule has 0 bridgehead atoms. The van der Waals surface area contributed by atoms with Gasteiger partial charge in [-0.25, -0.2) is 8.42 Å². The number of benzene rings is 1. The van der Waals surface area contributed by atoms with Gasteiger partial charge in [-0.2, -0.15) is 0 Å². The quantitative estimate of drug-likeness (QED) is 0.873. The van der Waals surface area contributed by atoms with E-state index < -0.39 is 14.6 Å². The van der Waals surface area contributed by atoms with Crippen LogP contribution in [0.1, 0.15) is 44.4 Å². The van der Waals surface area contributed by atoms with Crippen LogP contribution in [0, 0.1) is 6.92 Å². The van der Waals surface area contributed by atoms with Crippen molar-refractivity contribution in [1.29, 1.82) is 0 Å². The molecule has 0 radical (unpaired) electrons. The van der Waals surface area contributed by atoms with E-state index in [4.69, 9.17) is 0 Å². The molecule has 0 aliphatic carbocycles. The molecule has 0 fully saturated rings. The van der Waals surface area contributed by atoms with E-state index in [0.29, 0.717) is 0 Å². The highest BCUT2D eigenvalue weighted by molar-refractivity contribution is 7.92. The van der Waals surface area contributed by atoms with Crippen molar-refractivity contribution in [2.75, 3.05) is 12.8 Å². The summed E-state index contributed by atoms with van der Waals surface area (Å²) >= 11 is 0. The van der Waals surface area contributed by atoms with Gasteiger partial charge in [-0.3, -0.25) is 0 Å². The third-order valence-electron chi connectivity index (χ3n) is 3.66. The summed E-state index contributed by atoms with van der Waals surface area (Å²) in [5.74, 6) is 0. The number of hydrogen-bond donors (Lipinski definition) is 1. The Morgan fingerprint density at radius 2 is 1.74 bits per heavy atom. The Balaban J connectivity index is 3.18. The van der Waals surface area contributed by atoms with Crippen LogP contribution < -0.4 is 5.32 Å². The second-order valence-electron chi connectivity index (χ2n) is 5.67. The summed E-state index contributed by atoms with van der Waals surface area (Å²) in [6.07, 6.45) is 2.28. The first-order chi connectivity index (χ1) is 8.70. The van der Waals surface area contributed by atoms with Crippen molar-refractivity contribution in [1.82, 2.24) is 5.32 Å². The topological polar surface area (TPSA) is 46.2 Å². The summed E-state index contributed by atoms with van der Waals surface area (Å²) in [7, 11) is -3.15. The summed E-state index contributed by atoms with van der Waals surface area (Å²) in [5, 5.41) is 3.37. The van der Waals surface area contributed by atoms with E-state index in [1.807, 2.05) is 31.2 Å². The lowest BCUT2D eigenvalue weighted by molar-refractivity contribution is 0.420. The number of rotatable bonds is 6. The van der Waals surface area contributed by atoms with Crippen LogP contribution in [0.25, 0.3) is 0 Å². The molecule has 108 valence electrons. The number of aryl methyl sites for hydroxylation is 1. The Bertz CT molecular complexity index is 503. The molecular formula is C15H25NO2S. The molecule has 4 heteroatoms. The molecule has 1 aromatic carbocycles. The van der Waals surface area contributed by atoms with Crippen LogP contribution in [0.3, 0.4) is 0 Å². The molecule has 1 atom stereocenters. The minimum absolute atomic E-state index is 0.192. The smallest absolute Gasteiger partial charge is 0.154 e. The van der Waals surface area contributed by atoms with Crippen LogP contribution in [0.15, 0.2) is 24.3 Å². The maximum Gasteiger partial charge on any atom is 0.154 e. The van der Waals surface area contributed by atoms with Crippen LogP contribution >= 0.6 is 0 Å². The maximum absolute atomic E-state index is 12.1. The lowest BCUT2D eigenvalue weighted by atomic mass is 9.94. The summed E-state index contributed by atoms with van der Waals surface area (Å²) in [4.78, 5) is 0. The predicted octanol–water partition coefficient (Wildman–Crippen LogP) is 2.86. The van der Waals surface area contributed by atoms with Crippen molar-refractivity contribution in [3.8, 4) is 0 Å². The molecular weight excluding hydrogens is 258 g/mol. The molecule has 0 amide bonds. The fourth-order valence-corrected chi connectivity index (χ4v) is 2.67. The van der Waals surface area contributed by atoms with E-state index in [9.17, 15) is 8.42 Å². The molecule has 19 heavy (non-hydrogen) atoms. The van der Waals surface area contributed by atoms with E-state index >= 15 is 0 Å². The monoisotopic (exact) mass is 283 g/mol. The summed E-state index contributed by atoms with van der Waals surface area (Å²) in [5.41, 5.74) is 2.20. The first-order valence-electron chi connectivity index (χ1n) is 6.69. The van der Waals surface area contributed by atoms with Crippen molar-refractivity contribution < 1.29 is 8.42 Å². The Hall–Kier alpha value is -0.870. The van der Waals surface area contributed by atoms with Gasteiger partial charge in [0.25, 0.3) is 0 Å². The molecule has 0 spiro atoms. The van der Waals surface area contributed by atoms with E-state index in [0.717, 1.165) is 18.5 Å². The number of hydrogen-bond acceptors (Lipinski definition) is 3. The zero-order valence-electron chi connectivity index (χ0n) is 12.5. The average molecular weight is 283 g/mol. The molecule has 0 aromatic heterocycles. The molecule has 1 unspecified atom stereocenters. The zero-order valence-corrected chi connectivity index (χ0v) is 13.3. The highest BCUT2D eigenvalue weighted by Gasteiger charge is 2.39. The van der Waals surface area contributed by atoms with Crippen LogP contribution in [0.4, 0.5) is 0 Å². The standard InChI is InChI=1S/C15H25NO2S/c1-6-11-16-14(15(3,4)19(5,17)18)13-9-7-12(2)8-10-13/h7-10,14,16H,6,11H2,1-5H3. The Labute approximate surface area is 117 Å². The van der Waals surface area contributed by atoms with Gasteiger partial charge >= 0.3 is 0 Å². The van der Waals surface area contributed by atoms with Crippen molar-refractivity contribution in [2.24, 2.45) is 0 Å². The molecule has 1 N–H and O–H groups in total. The van der Waals surface area contributed by atoms with Crippen molar-refractivity contribution in [3.63, 3.8) is 0 Å². The Morgan fingerprint density at radius 3 is 2.16 bits per heavy atom. The minimum atomic E-state index is -3.15. The molecule has 3 nitrogen and oxygen atoms in total. The van der Waals surface area contributed by atoms with Gasteiger partial charge in [-0.05, 0) is 39.3 Å². The largest absolute Gasteiger partial charge is 0.309 e. The second kappa shape index (κ2) is 6.06. The third kappa shape index (κ3) is 3.80. The van der Waals surface area contributed by atoms with Gasteiger partial charge in [0.2, 0.25) is 0 Å². The average Bonchev–Trinajstić information content (AvgIpc) is 2.30. The lowest BCUT2D eigenvalue weighted by Crippen LogP contribution is -2.45. The normalized spacial score (nSPS) is 14.4. The number of nitrogens with one attached hydrogen (secondary N) is 1. The lowest BCUT2D eigenvalue weighted by Gasteiger charge is -2.34. The van der Waals surface area contributed by atoms with Gasteiger partial charge < -0.3 is 5.32 Å². The van der Waals surface area contributed by atoms with Gasteiger partial charge in [0, 0.05) is 6.26 Å². The molecule has 0 saturated heterocycles. The SMILES string of the molecule is CCCNC(c1ccc(C)cc1)C(C)(C)S(C)(=O)=O. The molecule has 1 rings (SSSR count). The third-order valence-corrected chi connectivity index (χ3v) is 5.81. The van der Waals surface area contributed by atoms with Crippen LogP contribution in [0.5, 0.6) is 0 Å². The minimum Gasteiger partial charge on any atom is -0.309 e. The van der Waals surface area contributed by atoms with Crippen molar-refractivity contribution in [2.45, 2.75) is 44.9 Å². The summed E-state index contributed by atoms with van der Waals surface area (Å²) < 4.78 is 23.3. The first-order valence-corrected chi connectivity index (χ1v) is 8.59. The molecule has 1 aromatic rings. The maximum atomic E-state index is 12.1. The predicted molar refractivity (Wildman–Crippen MR) is 81.1 cm³/mol. The molecule has 0 aliphatic heterocycles. The first kappa shape index (κ1) is 16.2. The van der Waals surface area contributed by atoms with E-state index in [1.54, 1.807) is 13.8 Å². The summed E-state index contributed by atoms with van der Waals surface area (Å²) in [6, 6.07) is 7.87. The fourth-order valence-electron chi connectivity index (χ4n) is 2.03. The van der Waals surface area contributed by atoms with E-state index in [2.05, 4.69) is 12.2 Å². The van der Waals surface area contributed by atoms with Crippen molar-refractivity contribution in [3.05, 3.63) is 35.4 Å². The van der Waals surface area contributed by atoms with Gasteiger partial charge in [-0.15, -0.1) is 0 Å². The zero-order chi connectivity index (χ0) is 14.7. The molecule has 0 aliphatic rings. The highest BCUT2D eigenvalue weighted by atomic mass is 32.2. The van der Waals surface area contributed by atoms with Gasteiger partial charge in [0.1, 0.15) is 0 Å². The molecule has 0 saturated carbocycles. The Morgan fingerprint density at radius 1 is 1.21 bits per heavy atom. The van der Waals surface area contributed by atoms with E-state index in [-0.39, 0.29) is 6.04 Å². The number of sulfone groups is 1. The molecule has 0 heterocycles. The Kier molecular flexibility index (Phi) is 5.16. The van der Waals surface area contributed by atoms with Crippen LogP contribution in [0.2, 0.25) is 0 Å². The van der Waals surface area contributed by atoms with Crippen LogP contribution in [-0.2, 0) is 9.84 Å². The highest BCUT2D eigenvalue weighted by Crippen LogP contribution is 2.32. The summed E-state index contributed by atoms with van der Waals surface area (Å²) in [6.45, 7) is 8.48. The second-order valence-corrected chi connectivity index (χ2v) is 8.27. The van der Waals surface area contributed by atoms with Gasteiger partial charge in [-0.1, -0.05) is 36.8 Å². The fraction of sp³-hybridized carbons (Fsp3) is 0.600. The van der Waals surface area contributed by atoms with Gasteiger partial charge in [0.15, 0.2) is 9.84 Å². The van der Waals surface area contributed by atoms with Gasteiger partial charge in [0.05, 0.1) is 10.8 Å².